The molecule has 1 saturated heterocycles. The second kappa shape index (κ2) is 9.91. The zero-order valence-electron chi connectivity index (χ0n) is 17.1. The summed E-state index contributed by atoms with van der Waals surface area (Å²) in [6, 6.07) is 8.09. The molecule has 7 nitrogen and oxygen atoms in total. The number of amides is 1. The average molecular weight is 433 g/mol. The van der Waals surface area contributed by atoms with Crippen LogP contribution in [0, 0.1) is 13.8 Å². The maximum absolute atomic E-state index is 12.5. The lowest BCUT2D eigenvalue weighted by Gasteiger charge is -2.14. The summed E-state index contributed by atoms with van der Waals surface area (Å²) in [5.74, 6) is -1.38. The van der Waals surface area contributed by atoms with E-state index in [4.69, 9.17) is 21.1 Å². The third-order valence-corrected chi connectivity index (χ3v) is 5.40. The molecule has 1 fully saturated rings. The first-order valence-corrected chi connectivity index (χ1v) is 10.2. The van der Waals surface area contributed by atoms with E-state index >= 15 is 0 Å². The van der Waals surface area contributed by atoms with E-state index in [9.17, 15) is 14.4 Å². The van der Waals surface area contributed by atoms with Gasteiger partial charge in [0.25, 0.3) is 5.91 Å². The SMILES string of the molecule is Cc1cc(C(=O)COC(=O)CNC(=O)c2ccc(Cl)cc2)c(C)n1CC1CCCO1. The Morgan fingerprint density at radius 3 is 2.63 bits per heavy atom. The van der Waals surface area contributed by atoms with Gasteiger partial charge < -0.3 is 19.4 Å². The van der Waals surface area contributed by atoms with Gasteiger partial charge in [0.05, 0.1) is 6.10 Å². The minimum Gasteiger partial charge on any atom is -0.456 e. The lowest BCUT2D eigenvalue weighted by molar-refractivity contribution is -0.141. The first kappa shape index (κ1) is 22.1. The zero-order chi connectivity index (χ0) is 21.7. The molecule has 2 aromatic rings. The molecule has 1 N–H and O–H groups in total. The van der Waals surface area contributed by atoms with Crippen molar-refractivity contribution in [3.8, 4) is 0 Å². The fourth-order valence-electron chi connectivity index (χ4n) is 3.49. The fourth-order valence-corrected chi connectivity index (χ4v) is 3.61. The van der Waals surface area contributed by atoms with Crippen molar-refractivity contribution in [2.75, 3.05) is 19.8 Å². The molecule has 1 amide bonds. The predicted molar refractivity (Wildman–Crippen MR) is 112 cm³/mol. The van der Waals surface area contributed by atoms with E-state index in [-0.39, 0.29) is 25.0 Å². The minimum absolute atomic E-state index is 0.167. The molecule has 1 aliphatic heterocycles. The maximum Gasteiger partial charge on any atom is 0.325 e. The van der Waals surface area contributed by atoms with Crippen LogP contribution < -0.4 is 5.32 Å². The van der Waals surface area contributed by atoms with E-state index < -0.39 is 11.9 Å². The molecule has 0 bridgehead atoms. The molecule has 30 heavy (non-hydrogen) atoms. The number of aryl methyl sites for hydroxylation is 1. The summed E-state index contributed by atoms with van der Waals surface area (Å²) in [6.07, 6.45) is 2.24. The van der Waals surface area contributed by atoms with Gasteiger partial charge in [-0.15, -0.1) is 0 Å². The van der Waals surface area contributed by atoms with Gasteiger partial charge in [-0.3, -0.25) is 14.4 Å². The molecule has 1 aromatic carbocycles. The molecule has 2 heterocycles. The van der Waals surface area contributed by atoms with Crippen LogP contribution in [-0.4, -0.2) is 48.1 Å². The van der Waals surface area contributed by atoms with Crippen LogP contribution in [0.25, 0.3) is 0 Å². The van der Waals surface area contributed by atoms with Crippen molar-refractivity contribution in [2.24, 2.45) is 0 Å². The fraction of sp³-hybridized carbons (Fsp3) is 0.409. The zero-order valence-corrected chi connectivity index (χ0v) is 17.8. The smallest absolute Gasteiger partial charge is 0.325 e. The van der Waals surface area contributed by atoms with E-state index in [0.29, 0.717) is 22.7 Å². The second-order valence-corrected chi connectivity index (χ2v) is 7.74. The van der Waals surface area contributed by atoms with E-state index in [2.05, 4.69) is 9.88 Å². The summed E-state index contributed by atoms with van der Waals surface area (Å²) in [5, 5.41) is 2.97. The number of hydrogen-bond acceptors (Lipinski definition) is 5. The summed E-state index contributed by atoms with van der Waals surface area (Å²) in [6.45, 7) is 4.61. The molecule has 1 unspecified atom stereocenters. The normalized spacial score (nSPS) is 15.8. The van der Waals surface area contributed by atoms with E-state index in [1.54, 1.807) is 24.3 Å². The van der Waals surface area contributed by atoms with E-state index in [0.717, 1.165) is 30.8 Å². The van der Waals surface area contributed by atoms with Crippen LogP contribution in [0.5, 0.6) is 0 Å². The number of hydrogen-bond donors (Lipinski definition) is 1. The highest BCUT2D eigenvalue weighted by Gasteiger charge is 2.21. The summed E-state index contributed by atoms with van der Waals surface area (Å²) in [4.78, 5) is 36.5. The molecule has 8 heteroatoms. The third kappa shape index (κ3) is 5.49. The highest BCUT2D eigenvalue weighted by molar-refractivity contribution is 6.30. The van der Waals surface area contributed by atoms with Gasteiger partial charge in [-0.2, -0.15) is 0 Å². The number of halogens is 1. The number of aromatic nitrogens is 1. The van der Waals surface area contributed by atoms with E-state index in [1.165, 1.54) is 0 Å². The Hall–Kier alpha value is -2.64. The number of Topliss-reactive ketones (excluding diaryl/α,β-unsaturated/α-hetero) is 1. The molecule has 1 aromatic heterocycles. The van der Waals surface area contributed by atoms with Crippen molar-refractivity contribution in [1.29, 1.82) is 0 Å². The molecule has 0 radical (unpaired) electrons. The van der Waals surface area contributed by atoms with Crippen molar-refractivity contribution in [1.82, 2.24) is 9.88 Å². The van der Waals surface area contributed by atoms with Gasteiger partial charge in [-0.05, 0) is 57.0 Å². The average Bonchev–Trinajstić information content (AvgIpc) is 3.34. The van der Waals surface area contributed by atoms with Crippen molar-refractivity contribution in [3.63, 3.8) is 0 Å². The topological polar surface area (TPSA) is 86.6 Å². The highest BCUT2D eigenvalue weighted by atomic mass is 35.5. The highest BCUT2D eigenvalue weighted by Crippen LogP contribution is 2.20. The molecule has 0 spiro atoms. The number of ether oxygens (including phenoxy) is 2. The summed E-state index contributed by atoms with van der Waals surface area (Å²) in [7, 11) is 0. The Balaban J connectivity index is 1.49. The first-order valence-electron chi connectivity index (χ1n) is 9.86. The van der Waals surface area contributed by atoms with Crippen LogP contribution in [0.4, 0.5) is 0 Å². The molecule has 3 rings (SSSR count). The molecule has 0 saturated carbocycles. The monoisotopic (exact) mass is 432 g/mol. The Morgan fingerprint density at radius 1 is 1.23 bits per heavy atom. The standard InChI is InChI=1S/C22H25ClN2O5/c1-14-10-19(15(2)25(14)12-18-4-3-9-29-18)20(26)13-30-21(27)11-24-22(28)16-5-7-17(23)8-6-16/h5-8,10,18H,3-4,9,11-13H2,1-2H3,(H,24,28). The van der Waals surface area contributed by atoms with Gasteiger partial charge in [0.1, 0.15) is 6.54 Å². The Morgan fingerprint density at radius 2 is 1.97 bits per heavy atom. The number of ketones is 1. The number of benzene rings is 1. The van der Waals surface area contributed by atoms with E-state index in [1.807, 2.05) is 19.9 Å². The van der Waals surface area contributed by atoms with Gasteiger partial charge in [0.2, 0.25) is 5.78 Å². The van der Waals surface area contributed by atoms with Crippen LogP contribution in [0.15, 0.2) is 30.3 Å². The van der Waals surface area contributed by atoms with Crippen LogP contribution in [0.3, 0.4) is 0 Å². The Bertz CT molecular complexity index is 930. The minimum atomic E-state index is -0.682. The van der Waals surface area contributed by atoms with Crippen LogP contribution in [-0.2, 0) is 20.8 Å². The van der Waals surface area contributed by atoms with Crippen LogP contribution >= 0.6 is 11.6 Å². The maximum atomic E-state index is 12.5. The largest absolute Gasteiger partial charge is 0.456 e. The van der Waals surface area contributed by atoms with Gasteiger partial charge in [-0.25, -0.2) is 0 Å². The number of esters is 1. The van der Waals surface area contributed by atoms with Crippen molar-refractivity contribution >= 4 is 29.3 Å². The van der Waals surface area contributed by atoms with Crippen LogP contribution in [0.1, 0.15) is 44.9 Å². The first-order chi connectivity index (χ1) is 14.3. The Labute approximate surface area is 180 Å². The van der Waals surface area contributed by atoms with Crippen molar-refractivity contribution in [2.45, 2.75) is 39.3 Å². The summed E-state index contributed by atoms with van der Waals surface area (Å²) >= 11 is 5.78. The summed E-state index contributed by atoms with van der Waals surface area (Å²) in [5.41, 5.74) is 2.71. The van der Waals surface area contributed by atoms with Gasteiger partial charge in [0.15, 0.2) is 6.61 Å². The lowest BCUT2D eigenvalue weighted by Crippen LogP contribution is -2.31. The molecular formula is C22H25ClN2O5. The van der Waals surface area contributed by atoms with Gasteiger partial charge >= 0.3 is 5.97 Å². The lowest BCUT2D eigenvalue weighted by atomic mass is 10.1. The molecule has 1 atom stereocenters. The third-order valence-electron chi connectivity index (χ3n) is 5.15. The van der Waals surface area contributed by atoms with Crippen LogP contribution in [0.2, 0.25) is 5.02 Å². The number of carbonyl (C=O) groups is 3. The van der Waals surface area contributed by atoms with Gasteiger partial charge in [0, 0.05) is 40.7 Å². The molecular weight excluding hydrogens is 408 g/mol. The number of carbonyl (C=O) groups excluding carboxylic acids is 3. The predicted octanol–water partition coefficient (Wildman–Crippen LogP) is 3.09. The molecule has 160 valence electrons. The molecule has 0 aliphatic carbocycles. The number of nitrogens with one attached hydrogen (secondary N) is 1. The summed E-state index contributed by atoms with van der Waals surface area (Å²) < 4.78 is 12.8. The number of rotatable bonds is 8. The number of nitrogens with zero attached hydrogens (tertiary/aromatic N) is 1. The second-order valence-electron chi connectivity index (χ2n) is 7.30. The molecule has 1 aliphatic rings. The van der Waals surface area contributed by atoms with Crippen molar-refractivity contribution in [3.05, 3.63) is 57.9 Å². The van der Waals surface area contributed by atoms with Gasteiger partial charge in [-0.1, -0.05) is 11.6 Å². The Kier molecular flexibility index (Phi) is 7.29. The quantitative estimate of drug-likeness (QED) is 0.511. The van der Waals surface area contributed by atoms with Crippen molar-refractivity contribution < 1.29 is 23.9 Å².